The first-order chi connectivity index (χ1) is 14.2. The first kappa shape index (κ1) is 17.7. The Morgan fingerprint density at radius 2 is 1.86 bits per heavy atom. The maximum Gasteiger partial charge on any atom is 0.213 e. The van der Waals surface area contributed by atoms with E-state index in [-0.39, 0.29) is 11.9 Å². The summed E-state index contributed by atoms with van der Waals surface area (Å²) in [4.78, 5) is 0. The highest BCUT2D eigenvalue weighted by Crippen LogP contribution is 2.48. The molecule has 0 fully saturated rings. The van der Waals surface area contributed by atoms with Crippen LogP contribution in [0.4, 0.5) is 4.39 Å². The van der Waals surface area contributed by atoms with Crippen LogP contribution in [0.2, 0.25) is 0 Å². The van der Waals surface area contributed by atoms with Crippen LogP contribution in [0.3, 0.4) is 0 Å². The molecule has 2 atom stereocenters. The van der Waals surface area contributed by atoms with Crippen LogP contribution in [0.1, 0.15) is 42.3 Å². The Bertz CT molecular complexity index is 1050. The zero-order valence-corrected chi connectivity index (χ0v) is 16.1. The maximum absolute atomic E-state index is 13.5. The number of rotatable bonds is 4. The summed E-state index contributed by atoms with van der Waals surface area (Å²) in [6, 6.07) is 22.6. The summed E-state index contributed by atoms with van der Waals surface area (Å²) in [5.74, 6) is 1.37. The molecule has 146 valence electrons. The molecule has 0 radical (unpaired) electrons. The van der Waals surface area contributed by atoms with Gasteiger partial charge in [-0.05, 0) is 42.8 Å². The summed E-state index contributed by atoms with van der Waals surface area (Å²) >= 11 is 0. The lowest BCUT2D eigenvalue weighted by Gasteiger charge is -2.38. The van der Waals surface area contributed by atoms with Crippen LogP contribution in [0.25, 0.3) is 0 Å². The van der Waals surface area contributed by atoms with E-state index in [2.05, 4.69) is 12.1 Å². The van der Waals surface area contributed by atoms with Crippen molar-refractivity contribution in [2.75, 3.05) is 6.61 Å². The average Bonchev–Trinajstić information content (AvgIpc) is 3.21. The summed E-state index contributed by atoms with van der Waals surface area (Å²) in [6.45, 7) is 2.58. The number of halogens is 1. The third-order valence-electron chi connectivity index (χ3n) is 5.33. The molecule has 0 aliphatic carbocycles. The van der Waals surface area contributed by atoms with Gasteiger partial charge in [-0.1, -0.05) is 42.5 Å². The van der Waals surface area contributed by atoms with Gasteiger partial charge < -0.3 is 9.47 Å². The molecule has 4 nitrogen and oxygen atoms in total. The van der Waals surface area contributed by atoms with Gasteiger partial charge in [-0.25, -0.2) is 9.40 Å². The van der Waals surface area contributed by atoms with Crippen molar-refractivity contribution < 1.29 is 13.9 Å². The van der Waals surface area contributed by atoms with Crippen LogP contribution in [-0.4, -0.2) is 17.3 Å². The van der Waals surface area contributed by atoms with Gasteiger partial charge in [0.1, 0.15) is 17.3 Å². The van der Waals surface area contributed by atoms with Crippen molar-refractivity contribution in [2.45, 2.75) is 25.6 Å². The van der Waals surface area contributed by atoms with Crippen molar-refractivity contribution in [1.29, 1.82) is 0 Å². The minimum atomic E-state index is -0.410. The van der Waals surface area contributed by atoms with Crippen molar-refractivity contribution in [3.8, 4) is 11.5 Å². The van der Waals surface area contributed by atoms with Crippen molar-refractivity contribution in [1.82, 2.24) is 5.01 Å². The molecule has 2 aliphatic rings. The van der Waals surface area contributed by atoms with E-state index in [0.29, 0.717) is 6.61 Å². The predicted octanol–water partition coefficient (Wildman–Crippen LogP) is 5.47. The monoisotopic (exact) mass is 388 g/mol. The van der Waals surface area contributed by atoms with Crippen LogP contribution in [-0.2, 0) is 0 Å². The third-order valence-corrected chi connectivity index (χ3v) is 5.33. The molecule has 0 spiro atoms. The van der Waals surface area contributed by atoms with E-state index in [1.165, 1.54) is 12.1 Å². The Kier molecular flexibility index (Phi) is 4.43. The van der Waals surface area contributed by atoms with Gasteiger partial charge in [0, 0.05) is 17.5 Å². The highest BCUT2D eigenvalue weighted by Gasteiger charge is 2.41. The summed E-state index contributed by atoms with van der Waals surface area (Å²) in [5.41, 5.74) is 4.04. The second-order valence-corrected chi connectivity index (χ2v) is 7.17. The van der Waals surface area contributed by atoms with Gasteiger partial charge in [0.2, 0.25) is 6.23 Å². The molecule has 0 amide bonds. The Morgan fingerprint density at radius 3 is 2.62 bits per heavy atom. The molecule has 5 rings (SSSR count). The molecular weight excluding hydrogens is 367 g/mol. The van der Waals surface area contributed by atoms with Crippen LogP contribution in [0.15, 0.2) is 77.9 Å². The average molecular weight is 388 g/mol. The molecule has 3 aromatic rings. The highest BCUT2D eigenvalue weighted by molar-refractivity contribution is 6.01. The predicted molar refractivity (Wildman–Crippen MR) is 110 cm³/mol. The van der Waals surface area contributed by atoms with Crippen molar-refractivity contribution >= 4 is 5.71 Å². The van der Waals surface area contributed by atoms with Gasteiger partial charge in [-0.2, -0.15) is 5.10 Å². The third kappa shape index (κ3) is 3.23. The number of nitrogens with zero attached hydrogens (tertiary/aromatic N) is 2. The van der Waals surface area contributed by atoms with Crippen LogP contribution >= 0.6 is 0 Å². The lowest BCUT2D eigenvalue weighted by atomic mass is 9.95. The molecule has 0 saturated heterocycles. The number of hydrogen-bond acceptors (Lipinski definition) is 4. The fourth-order valence-electron chi connectivity index (χ4n) is 3.97. The van der Waals surface area contributed by atoms with E-state index >= 15 is 0 Å². The van der Waals surface area contributed by atoms with E-state index < -0.39 is 6.23 Å². The Labute approximate surface area is 169 Å². The zero-order valence-electron chi connectivity index (χ0n) is 16.1. The molecule has 0 aromatic heterocycles. The summed E-state index contributed by atoms with van der Waals surface area (Å²) in [5, 5.41) is 6.92. The Morgan fingerprint density at radius 1 is 1.07 bits per heavy atom. The second-order valence-electron chi connectivity index (χ2n) is 7.17. The largest absolute Gasteiger partial charge is 0.494 e. The molecule has 0 saturated carbocycles. The normalized spacial score (nSPS) is 19.8. The molecule has 2 aliphatic heterocycles. The van der Waals surface area contributed by atoms with E-state index in [1.54, 1.807) is 12.1 Å². The van der Waals surface area contributed by atoms with E-state index in [0.717, 1.165) is 40.3 Å². The number of ether oxygens (including phenoxy) is 2. The van der Waals surface area contributed by atoms with E-state index in [1.807, 2.05) is 48.3 Å². The molecule has 0 N–H and O–H groups in total. The van der Waals surface area contributed by atoms with E-state index in [4.69, 9.17) is 14.6 Å². The molecule has 29 heavy (non-hydrogen) atoms. The van der Waals surface area contributed by atoms with Crippen molar-refractivity contribution in [3.05, 3.63) is 95.3 Å². The van der Waals surface area contributed by atoms with Crippen LogP contribution in [0.5, 0.6) is 11.5 Å². The second kappa shape index (κ2) is 7.24. The standard InChI is InChI=1S/C24H21FN2O2/c1-2-28-19-12-13-23-20(14-19)22-15-21(16-6-4-3-5-7-16)26-27(22)24(29-23)17-8-10-18(25)11-9-17/h3-14,22,24H,2,15H2,1H3/t22-,24+/m1/s1. The summed E-state index contributed by atoms with van der Waals surface area (Å²) in [7, 11) is 0. The SMILES string of the molecule is CCOc1ccc2c(c1)[C@H]1CC(c3ccccc3)=NN1[C@H](c1ccc(F)cc1)O2. The van der Waals surface area contributed by atoms with E-state index in [9.17, 15) is 4.39 Å². The first-order valence-corrected chi connectivity index (χ1v) is 9.83. The van der Waals surface area contributed by atoms with Crippen molar-refractivity contribution in [2.24, 2.45) is 5.10 Å². The van der Waals surface area contributed by atoms with Gasteiger partial charge in [0.15, 0.2) is 0 Å². The molecular formula is C24H21FN2O2. The molecule has 3 aromatic carbocycles. The zero-order chi connectivity index (χ0) is 19.8. The lowest BCUT2D eigenvalue weighted by Crippen LogP contribution is -2.33. The Balaban J connectivity index is 1.58. The molecule has 0 unspecified atom stereocenters. The number of hydrogen-bond donors (Lipinski definition) is 0. The number of fused-ring (bicyclic) bond motifs is 3. The fourth-order valence-corrected chi connectivity index (χ4v) is 3.97. The molecule has 2 heterocycles. The van der Waals surface area contributed by atoms with Gasteiger partial charge in [-0.15, -0.1) is 0 Å². The summed E-state index contributed by atoms with van der Waals surface area (Å²) < 4.78 is 25.5. The van der Waals surface area contributed by atoms with Gasteiger partial charge in [-0.3, -0.25) is 0 Å². The minimum Gasteiger partial charge on any atom is -0.494 e. The van der Waals surface area contributed by atoms with Gasteiger partial charge in [0.25, 0.3) is 0 Å². The highest BCUT2D eigenvalue weighted by atomic mass is 19.1. The fraction of sp³-hybridized carbons (Fsp3) is 0.208. The van der Waals surface area contributed by atoms with Gasteiger partial charge in [0.05, 0.1) is 18.4 Å². The first-order valence-electron chi connectivity index (χ1n) is 9.83. The maximum atomic E-state index is 13.5. The Hall–Kier alpha value is -3.34. The van der Waals surface area contributed by atoms with Gasteiger partial charge >= 0.3 is 0 Å². The molecule has 5 heteroatoms. The van der Waals surface area contributed by atoms with Crippen LogP contribution < -0.4 is 9.47 Å². The van der Waals surface area contributed by atoms with Crippen molar-refractivity contribution in [3.63, 3.8) is 0 Å². The smallest absolute Gasteiger partial charge is 0.213 e. The minimum absolute atomic E-state index is 0.0319. The number of hydrazone groups is 1. The van der Waals surface area contributed by atoms with Crippen LogP contribution in [0, 0.1) is 5.82 Å². The topological polar surface area (TPSA) is 34.1 Å². The number of benzene rings is 3. The quantitative estimate of drug-likeness (QED) is 0.595. The summed E-state index contributed by atoms with van der Waals surface area (Å²) in [6.07, 6.45) is 0.362. The molecule has 0 bridgehead atoms. The lowest BCUT2D eigenvalue weighted by molar-refractivity contribution is -0.0192.